The van der Waals surface area contributed by atoms with E-state index in [-0.39, 0.29) is 36.8 Å². The van der Waals surface area contributed by atoms with Gasteiger partial charge in [0.2, 0.25) is 0 Å². The van der Waals surface area contributed by atoms with Crippen molar-refractivity contribution in [3.8, 4) is 0 Å². The van der Waals surface area contributed by atoms with E-state index in [0.29, 0.717) is 0 Å². The molecule has 0 unspecified atom stereocenters. The Morgan fingerprint density at radius 2 is 0.778 bits per heavy atom. The second-order valence-electron chi connectivity index (χ2n) is 14.1. The summed E-state index contributed by atoms with van der Waals surface area (Å²) in [5.41, 5.74) is 2.78. The van der Waals surface area contributed by atoms with Gasteiger partial charge in [0.05, 0.1) is 0 Å². The summed E-state index contributed by atoms with van der Waals surface area (Å²) < 4.78 is 3.04. The molecule has 0 bridgehead atoms. The minimum absolute atomic E-state index is 0.244. The lowest BCUT2D eigenvalue weighted by Crippen LogP contribution is -2.43. The molecule has 0 saturated carbocycles. The first-order valence-corrected chi connectivity index (χ1v) is 16.2. The normalized spacial score (nSPS) is 13.9. The Labute approximate surface area is 226 Å². The summed E-state index contributed by atoms with van der Waals surface area (Å²) in [5.74, 6) is 0. The molecule has 0 atom stereocenters. The highest BCUT2D eigenvalue weighted by atomic mass is 31.2. The third kappa shape index (κ3) is 9.51. The highest BCUT2D eigenvalue weighted by Gasteiger charge is 2.48. The summed E-state index contributed by atoms with van der Waals surface area (Å²) in [6.07, 6.45) is 0. The third-order valence-corrected chi connectivity index (χ3v) is 13.6. The Kier molecular flexibility index (Phi) is 10.8. The third-order valence-electron chi connectivity index (χ3n) is 6.12. The fourth-order valence-electron chi connectivity index (χ4n) is 5.82. The van der Waals surface area contributed by atoms with Gasteiger partial charge in [-0.3, -0.25) is 9.34 Å². The van der Waals surface area contributed by atoms with E-state index in [2.05, 4.69) is 153 Å². The number of nitrogens with zero attached hydrogens (tertiary/aromatic N) is 2. The summed E-state index contributed by atoms with van der Waals surface area (Å²) in [7, 11) is -0.776. The van der Waals surface area contributed by atoms with Crippen molar-refractivity contribution >= 4 is 16.1 Å². The van der Waals surface area contributed by atoms with Gasteiger partial charge in [-0.2, -0.15) is 0 Å². The second kappa shape index (κ2) is 12.4. The van der Waals surface area contributed by atoms with Crippen LogP contribution in [0.3, 0.4) is 0 Å². The summed E-state index contributed by atoms with van der Waals surface area (Å²) in [6, 6.07) is 22.0. The van der Waals surface area contributed by atoms with Crippen LogP contribution in [0.5, 0.6) is 0 Å². The monoisotopic (exact) mass is 528 g/mol. The van der Waals surface area contributed by atoms with Gasteiger partial charge in [0.15, 0.2) is 0 Å². The number of benzene rings is 2. The zero-order valence-corrected chi connectivity index (χ0v) is 27.2. The first-order chi connectivity index (χ1) is 16.4. The van der Waals surface area contributed by atoms with Crippen molar-refractivity contribution < 1.29 is 0 Å². The average molecular weight is 529 g/mol. The van der Waals surface area contributed by atoms with Gasteiger partial charge in [-0.25, -0.2) is 0 Å². The van der Waals surface area contributed by atoms with E-state index in [1.54, 1.807) is 0 Å². The topological polar surface area (TPSA) is 6.48 Å². The van der Waals surface area contributed by atoms with Crippen molar-refractivity contribution in [3.05, 3.63) is 71.8 Å². The molecule has 4 heteroatoms. The van der Waals surface area contributed by atoms with Crippen LogP contribution in [0.4, 0.5) is 0 Å². The van der Waals surface area contributed by atoms with Gasteiger partial charge in [-0.05, 0) is 47.9 Å². The Morgan fingerprint density at radius 1 is 0.472 bits per heavy atom. The van der Waals surface area contributed by atoms with E-state index < -0.39 is 0 Å². The molecule has 2 aromatic rings. The zero-order chi connectivity index (χ0) is 27.4. The van der Waals surface area contributed by atoms with Gasteiger partial charge in [-0.1, -0.05) is 144 Å². The highest BCUT2D eigenvalue weighted by molar-refractivity contribution is 7.73. The molecule has 2 rings (SSSR count). The van der Waals surface area contributed by atoms with Crippen molar-refractivity contribution in [2.45, 2.75) is 117 Å². The molecule has 0 aliphatic heterocycles. The molecule has 0 spiro atoms. The van der Waals surface area contributed by atoms with Crippen LogP contribution in [0.2, 0.25) is 0 Å². The van der Waals surface area contributed by atoms with Crippen LogP contribution >= 0.6 is 16.1 Å². The van der Waals surface area contributed by atoms with Gasteiger partial charge < -0.3 is 0 Å². The quantitative estimate of drug-likeness (QED) is 0.299. The molecule has 2 nitrogen and oxygen atoms in total. The predicted octanol–water partition coefficient (Wildman–Crippen LogP) is 9.98. The Hall–Kier alpha value is -0.780. The predicted molar refractivity (Wildman–Crippen MR) is 167 cm³/mol. The molecular formula is C32H54N2P2. The summed E-state index contributed by atoms with van der Waals surface area (Å²) >= 11 is 0. The Morgan fingerprint density at radius 3 is 1.06 bits per heavy atom. The number of hydrogen-bond acceptors (Lipinski definition) is 2. The van der Waals surface area contributed by atoms with E-state index in [9.17, 15) is 0 Å². The Balaban J connectivity index is 2.49. The van der Waals surface area contributed by atoms with Crippen molar-refractivity contribution in [2.75, 3.05) is 13.1 Å². The lowest BCUT2D eigenvalue weighted by Gasteiger charge is -2.57. The SMILES string of the molecule is CC(C)(C)P(N(CCN(Cc1ccccc1)Cc1ccccc1)P(C(C)(C)C)C(C)(C)C)C(C)(C)C. The minimum atomic E-state index is -0.388. The van der Waals surface area contributed by atoms with Crippen LogP contribution in [-0.2, 0) is 13.1 Å². The molecule has 202 valence electrons. The molecule has 36 heavy (non-hydrogen) atoms. The molecule has 2 aromatic carbocycles. The molecule has 0 aliphatic rings. The summed E-state index contributed by atoms with van der Waals surface area (Å²) in [6.45, 7) is 33.8. The van der Waals surface area contributed by atoms with Crippen molar-refractivity contribution in [2.24, 2.45) is 0 Å². The van der Waals surface area contributed by atoms with E-state index >= 15 is 0 Å². The minimum Gasteiger partial charge on any atom is -0.294 e. The van der Waals surface area contributed by atoms with E-state index in [1.807, 2.05) is 0 Å². The smallest absolute Gasteiger partial charge is 0.0237 e. The summed E-state index contributed by atoms with van der Waals surface area (Å²) in [5, 5.41) is 0.978. The maximum Gasteiger partial charge on any atom is 0.0237 e. The second-order valence-corrected chi connectivity index (χ2v) is 22.0. The van der Waals surface area contributed by atoms with Crippen LogP contribution in [0.25, 0.3) is 0 Å². The molecule has 0 aromatic heterocycles. The first kappa shape index (κ1) is 31.4. The lowest BCUT2D eigenvalue weighted by molar-refractivity contribution is 0.250. The molecule has 0 saturated heterocycles. The van der Waals surface area contributed by atoms with Crippen LogP contribution in [0, 0.1) is 0 Å². The molecule has 0 N–H and O–H groups in total. The molecule has 0 radical (unpaired) electrons. The molecule has 0 aliphatic carbocycles. The zero-order valence-electron chi connectivity index (χ0n) is 25.4. The van der Waals surface area contributed by atoms with Crippen molar-refractivity contribution in [1.29, 1.82) is 0 Å². The van der Waals surface area contributed by atoms with Crippen LogP contribution in [0.15, 0.2) is 60.7 Å². The number of hydrogen-bond donors (Lipinski definition) is 0. The molecule has 0 heterocycles. The van der Waals surface area contributed by atoms with Gasteiger partial charge >= 0.3 is 0 Å². The number of rotatable bonds is 9. The average Bonchev–Trinajstić information content (AvgIpc) is 2.69. The van der Waals surface area contributed by atoms with Crippen molar-refractivity contribution in [1.82, 2.24) is 9.34 Å². The molecule has 0 fully saturated rings. The van der Waals surface area contributed by atoms with E-state index in [4.69, 9.17) is 0 Å². The summed E-state index contributed by atoms with van der Waals surface area (Å²) in [4.78, 5) is 2.66. The first-order valence-electron chi connectivity index (χ1n) is 13.6. The van der Waals surface area contributed by atoms with Gasteiger partial charge in [0.25, 0.3) is 0 Å². The maximum absolute atomic E-state index is 3.04. The van der Waals surface area contributed by atoms with Crippen LogP contribution in [-0.4, -0.2) is 43.1 Å². The van der Waals surface area contributed by atoms with E-state index in [0.717, 1.165) is 26.2 Å². The fourth-order valence-corrected chi connectivity index (χ4v) is 17.1. The highest BCUT2D eigenvalue weighted by Crippen LogP contribution is 2.75. The van der Waals surface area contributed by atoms with Gasteiger partial charge in [-0.15, -0.1) is 0 Å². The van der Waals surface area contributed by atoms with Crippen molar-refractivity contribution in [3.63, 3.8) is 0 Å². The molecule has 0 amide bonds. The standard InChI is InChI=1S/C32H54N2P2/c1-29(2,3)35(30(4,5)6)34(36(31(7,8)9)32(10,11)12)24-23-33(25-27-19-15-13-16-20-27)26-28-21-17-14-18-22-28/h13-22H,23-26H2,1-12H3. The van der Waals surface area contributed by atoms with Crippen LogP contribution < -0.4 is 0 Å². The molecular weight excluding hydrogens is 474 g/mol. The lowest BCUT2D eigenvalue weighted by atomic mass is 10.1. The van der Waals surface area contributed by atoms with E-state index in [1.165, 1.54) is 11.1 Å². The van der Waals surface area contributed by atoms with Gasteiger partial charge in [0, 0.05) is 26.2 Å². The maximum atomic E-state index is 3.04. The fraction of sp³-hybridized carbons (Fsp3) is 0.625. The van der Waals surface area contributed by atoms with Crippen LogP contribution in [0.1, 0.15) is 94.2 Å². The Bertz CT molecular complexity index is 798. The largest absolute Gasteiger partial charge is 0.294 e. The van der Waals surface area contributed by atoms with Gasteiger partial charge in [0.1, 0.15) is 0 Å².